The highest BCUT2D eigenvalue weighted by atomic mass is 32.1. The monoisotopic (exact) mass is 500 g/mol. The topological polar surface area (TPSA) is 50.5 Å². The summed E-state index contributed by atoms with van der Waals surface area (Å²) in [6, 6.07) is 41.0. The lowest BCUT2D eigenvalue weighted by molar-refractivity contribution is 1.17. The summed E-state index contributed by atoms with van der Waals surface area (Å²) < 4.78 is 0. The Morgan fingerprint density at radius 1 is 0.389 bits per heavy atom. The van der Waals surface area contributed by atoms with Gasteiger partial charge in [-0.25, -0.2) is 9.97 Å². The molecule has 0 aliphatic rings. The van der Waals surface area contributed by atoms with Gasteiger partial charge in [0.1, 0.15) is 0 Å². The molecule has 2 heterocycles. The minimum atomic E-state index is 0.602. The first kappa shape index (κ1) is 22.2. The maximum absolute atomic E-state index is 4.85. The van der Waals surface area contributed by atoms with Crippen molar-refractivity contribution in [1.82, 2.24) is 9.97 Å². The Kier molecular flexibility index (Phi) is 6.27. The fourth-order valence-electron chi connectivity index (χ4n) is 3.94. The van der Waals surface area contributed by atoms with Crippen LogP contribution in [0.15, 0.2) is 132 Å². The maximum atomic E-state index is 4.85. The Balaban J connectivity index is 1.40. The largest absolute Gasteiger partial charge is 0.231 e. The highest BCUT2D eigenvalue weighted by Crippen LogP contribution is 2.43. The zero-order chi connectivity index (χ0) is 24.2. The van der Waals surface area contributed by atoms with E-state index in [-0.39, 0.29) is 0 Å². The van der Waals surface area contributed by atoms with Crippen LogP contribution in [0.1, 0.15) is 0 Å². The molecular weight excluding hydrogens is 480 g/mol. The van der Waals surface area contributed by atoms with Crippen molar-refractivity contribution >= 4 is 32.9 Å². The molecule has 0 spiro atoms. The molecule has 0 bridgehead atoms. The average molecular weight is 501 g/mol. The van der Waals surface area contributed by atoms with Crippen molar-refractivity contribution in [3.8, 4) is 43.4 Å². The van der Waals surface area contributed by atoms with Crippen LogP contribution in [0.5, 0.6) is 0 Å². The van der Waals surface area contributed by atoms with Gasteiger partial charge in [0, 0.05) is 11.1 Å². The predicted molar refractivity (Wildman–Crippen MR) is 150 cm³/mol. The van der Waals surface area contributed by atoms with Crippen LogP contribution in [0, 0.1) is 0 Å². The summed E-state index contributed by atoms with van der Waals surface area (Å²) in [7, 11) is 0. The summed E-state index contributed by atoms with van der Waals surface area (Å²) in [4.78, 5) is 11.9. The van der Waals surface area contributed by atoms with Gasteiger partial charge in [0.25, 0.3) is 0 Å². The van der Waals surface area contributed by atoms with E-state index in [0.29, 0.717) is 10.3 Å². The van der Waals surface area contributed by atoms with Crippen molar-refractivity contribution in [3.63, 3.8) is 0 Å². The normalized spacial score (nSPS) is 11.2. The van der Waals surface area contributed by atoms with Crippen molar-refractivity contribution < 1.29 is 0 Å². The Labute approximate surface area is 217 Å². The minimum Gasteiger partial charge on any atom is -0.216 e. The zero-order valence-corrected chi connectivity index (χ0v) is 20.8. The highest BCUT2D eigenvalue weighted by molar-refractivity contribution is 7.19. The van der Waals surface area contributed by atoms with Crippen LogP contribution in [-0.4, -0.2) is 9.97 Å². The lowest BCUT2D eigenvalue weighted by Gasteiger charge is -2.02. The Hall–Kier alpha value is -4.26. The summed E-state index contributed by atoms with van der Waals surface area (Å²) in [5.74, 6) is 0. The van der Waals surface area contributed by atoms with Gasteiger partial charge in [-0.05, 0) is 11.1 Å². The first-order valence-electron chi connectivity index (χ1n) is 11.5. The second-order valence-electron chi connectivity index (χ2n) is 8.01. The number of azo groups is 1. The van der Waals surface area contributed by atoms with Crippen LogP contribution in [-0.2, 0) is 0 Å². The van der Waals surface area contributed by atoms with Crippen molar-refractivity contribution in [1.29, 1.82) is 0 Å². The number of hydrogen-bond donors (Lipinski definition) is 0. The molecule has 6 rings (SSSR count). The molecule has 0 saturated carbocycles. The third-order valence-corrected chi connectivity index (χ3v) is 7.60. The fourth-order valence-corrected chi connectivity index (χ4v) is 5.77. The molecule has 0 saturated heterocycles. The third-order valence-electron chi connectivity index (χ3n) is 5.62. The van der Waals surface area contributed by atoms with Gasteiger partial charge in [0.15, 0.2) is 0 Å². The maximum Gasteiger partial charge on any atom is 0.231 e. The molecule has 36 heavy (non-hydrogen) atoms. The van der Waals surface area contributed by atoms with E-state index >= 15 is 0 Å². The summed E-state index contributed by atoms with van der Waals surface area (Å²) in [5, 5.41) is 10.3. The Morgan fingerprint density at radius 2 is 0.694 bits per heavy atom. The smallest absolute Gasteiger partial charge is 0.216 e. The molecule has 172 valence electrons. The van der Waals surface area contributed by atoms with Crippen LogP contribution in [0.25, 0.3) is 43.4 Å². The first-order chi connectivity index (χ1) is 17.8. The summed E-state index contributed by atoms with van der Waals surface area (Å²) in [6.07, 6.45) is 0. The molecule has 0 fully saturated rings. The van der Waals surface area contributed by atoms with Gasteiger partial charge in [0.2, 0.25) is 10.3 Å². The van der Waals surface area contributed by atoms with E-state index in [4.69, 9.17) is 9.97 Å². The molecule has 4 nitrogen and oxygen atoms in total. The molecule has 0 unspecified atom stereocenters. The molecular formula is C30H20N4S2. The van der Waals surface area contributed by atoms with Crippen molar-refractivity contribution in [3.05, 3.63) is 121 Å². The number of benzene rings is 4. The summed E-state index contributed by atoms with van der Waals surface area (Å²) in [5.41, 5.74) is 6.16. The van der Waals surface area contributed by atoms with E-state index in [2.05, 4.69) is 58.8 Å². The van der Waals surface area contributed by atoms with E-state index in [1.54, 1.807) is 0 Å². The van der Waals surface area contributed by atoms with Crippen LogP contribution < -0.4 is 0 Å². The lowest BCUT2D eigenvalue weighted by atomic mass is 10.1. The van der Waals surface area contributed by atoms with Crippen LogP contribution in [0.4, 0.5) is 10.3 Å². The number of hydrogen-bond acceptors (Lipinski definition) is 6. The van der Waals surface area contributed by atoms with Gasteiger partial charge in [0.05, 0.1) is 21.1 Å². The van der Waals surface area contributed by atoms with E-state index < -0.39 is 0 Å². The lowest BCUT2D eigenvalue weighted by Crippen LogP contribution is -1.81. The number of aromatic nitrogens is 2. The molecule has 6 heteroatoms. The van der Waals surface area contributed by atoms with Gasteiger partial charge >= 0.3 is 0 Å². The molecule has 0 radical (unpaired) electrons. The van der Waals surface area contributed by atoms with Crippen LogP contribution in [0.3, 0.4) is 0 Å². The van der Waals surface area contributed by atoms with E-state index in [1.165, 1.54) is 22.7 Å². The molecule has 0 aliphatic heterocycles. The number of thiazole rings is 2. The van der Waals surface area contributed by atoms with Gasteiger partial charge in [-0.1, -0.05) is 144 Å². The average Bonchev–Trinajstić information content (AvgIpc) is 3.59. The van der Waals surface area contributed by atoms with E-state index in [1.807, 2.05) is 72.8 Å². The molecule has 2 aromatic heterocycles. The minimum absolute atomic E-state index is 0.602. The first-order valence-corrected chi connectivity index (χ1v) is 13.1. The zero-order valence-electron chi connectivity index (χ0n) is 19.2. The molecule has 0 amide bonds. The quantitative estimate of drug-likeness (QED) is 0.214. The van der Waals surface area contributed by atoms with E-state index in [9.17, 15) is 0 Å². The van der Waals surface area contributed by atoms with Crippen LogP contribution in [0.2, 0.25) is 0 Å². The van der Waals surface area contributed by atoms with Gasteiger partial charge in [-0.3, -0.25) is 0 Å². The second kappa shape index (κ2) is 10.2. The van der Waals surface area contributed by atoms with Crippen LogP contribution >= 0.6 is 22.7 Å². The highest BCUT2D eigenvalue weighted by Gasteiger charge is 2.17. The molecule has 0 aliphatic carbocycles. The molecule has 4 aromatic carbocycles. The summed E-state index contributed by atoms with van der Waals surface area (Å²) >= 11 is 3.07. The van der Waals surface area contributed by atoms with Crippen molar-refractivity contribution in [2.45, 2.75) is 0 Å². The third kappa shape index (κ3) is 4.64. The molecule has 0 atom stereocenters. The SMILES string of the molecule is c1ccc(-c2nc(N=Nc3nc(-c4ccccc4)c(-c4ccccc4)s3)sc2-c2ccccc2)cc1. The van der Waals surface area contributed by atoms with E-state index in [0.717, 1.165) is 43.4 Å². The van der Waals surface area contributed by atoms with Gasteiger partial charge < -0.3 is 0 Å². The van der Waals surface area contributed by atoms with Crippen molar-refractivity contribution in [2.75, 3.05) is 0 Å². The Morgan fingerprint density at radius 3 is 1.03 bits per heavy atom. The summed E-state index contributed by atoms with van der Waals surface area (Å²) in [6.45, 7) is 0. The number of rotatable bonds is 6. The standard InChI is InChI=1S/C30H20N4S2/c1-5-13-21(14-6-1)25-27(23-17-9-3-10-18-23)35-29(31-25)33-34-30-32-26(22-15-7-2-8-16-22)28(36-30)24-19-11-4-12-20-24/h1-20H. The van der Waals surface area contributed by atoms with Gasteiger partial charge in [-0.2, -0.15) is 0 Å². The molecule has 6 aromatic rings. The fraction of sp³-hybridized carbons (Fsp3) is 0. The predicted octanol–water partition coefficient (Wildman–Crippen LogP) is 9.68. The van der Waals surface area contributed by atoms with Crippen molar-refractivity contribution in [2.24, 2.45) is 10.2 Å². The van der Waals surface area contributed by atoms with Gasteiger partial charge in [-0.15, -0.1) is 10.2 Å². The second-order valence-corrected chi connectivity index (χ2v) is 9.97. The number of nitrogens with zero attached hydrogens (tertiary/aromatic N) is 4. The Bertz CT molecular complexity index is 1370. The molecule has 0 N–H and O–H groups in total.